The van der Waals surface area contributed by atoms with Crippen LogP contribution >= 0.6 is 0 Å². The van der Waals surface area contributed by atoms with E-state index < -0.39 is 0 Å². The molecule has 0 heterocycles. The maximum Gasteiger partial charge on any atom is 0.128 e. The second-order valence-corrected chi connectivity index (χ2v) is 5.68. The van der Waals surface area contributed by atoms with E-state index in [2.05, 4.69) is 5.32 Å². The number of benzene rings is 1. The fraction of sp³-hybridized carbons (Fsp3) is 0.571. The molecule has 92 valence electrons. The Labute approximate surface area is 101 Å². The summed E-state index contributed by atoms with van der Waals surface area (Å²) < 4.78 is 13.3. The largest absolute Gasteiger partial charge is 0.397 e. The summed E-state index contributed by atoms with van der Waals surface area (Å²) in [6.07, 6.45) is 5.45. The van der Waals surface area contributed by atoms with Crippen molar-refractivity contribution >= 4 is 11.4 Å². The summed E-state index contributed by atoms with van der Waals surface area (Å²) in [5.74, 6) is 0.703. The molecule has 3 heteroatoms. The van der Waals surface area contributed by atoms with Gasteiger partial charge in [0.05, 0.1) is 11.4 Å². The number of nitrogen functional groups attached to an aromatic ring is 1. The zero-order valence-electron chi connectivity index (χ0n) is 10.2. The van der Waals surface area contributed by atoms with Gasteiger partial charge in [-0.2, -0.15) is 0 Å². The minimum Gasteiger partial charge on any atom is -0.397 e. The molecule has 0 saturated heterocycles. The minimum absolute atomic E-state index is 0.226. The number of aryl methyl sites for hydroxylation is 1. The van der Waals surface area contributed by atoms with Crippen LogP contribution < -0.4 is 11.1 Å². The highest BCUT2D eigenvalue weighted by Crippen LogP contribution is 2.61. The lowest BCUT2D eigenvalue weighted by Crippen LogP contribution is -2.18. The maximum atomic E-state index is 13.3. The lowest BCUT2D eigenvalue weighted by atomic mass is 10.0. The molecule has 0 bridgehead atoms. The molecular formula is C14H19FN2. The smallest absolute Gasteiger partial charge is 0.128 e. The number of nitrogens with two attached hydrogens (primary N) is 1. The molecule has 0 unspecified atom stereocenters. The molecule has 3 N–H and O–H groups in total. The van der Waals surface area contributed by atoms with Crippen LogP contribution in [0.5, 0.6) is 0 Å². The normalized spacial score (nSPS) is 21.3. The third-order valence-corrected chi connectivity index (χ3v) is 4.30. The summed E-state index contributed by atoms with van der Waals surface area (Å²) in [5.41, 5.74) is 8.42. The second kappa shape index (κ2) is 3.62. The Balaban J connectivity index is 1.70. The van der Waals surface area contributed by atoms with E-state index in [-0.39, 0.29) is 5.82 Å². The quantitative estimate of drug-likeness (QED) is 0.784. The van der Waals surface area contributed by atoms with Gasteiger partial charge in [0.1, 0.15) is 5.82 Å². The highest BCUT2D eigenvalue weighted by Gasteiger charge is 2.53. The summed E-state index contributed by atoms with van der Waals surface area (Å²) in [5, 5.41) is 3.41. The van der Waals surface area contributed by atoms with Gasteiger partial charge < -0.3 is 11.1 Å². The van der Waals surface area contributed by atoms with Crippen LogP contribution in [-0.4, -0.2) is 6.54 Å². The standard InChI is InChI=1S/C14H19FN2/c1-9-6-13(12(16)7-11(9)15)17-8-14(4-5-14)10-2-3-10/h6-7,10,17H,2-5,8,16H2,1H3. The number of rotatable bonds is 4. The first-order valence-corrected chi connectivity index (χ1v) is 6.40. The molecule has 0 spiro atoms. The first-order valence-electron chi connectivity index (χ1n) is 6.40. The van der Waals surface area contributed by atoms with E-state index in [0.29, 0.717) is 16.7 Å². The van der Waals surface area contributed by atoms with Gasteiger partial charge >= 0.3 is 0 Å². The van der Waals surface area contributed by atoms with Crippen LogP contribution in [0.1, 0.15) is 31.2 Å². The molecule has 1 aromatic rings. The highest BCUT2D eigenvalue weighted by atomic mass is 19.1. The third-order valence-electron chi connectivity index (χ3n) is 4.30. The van der Waals surface area contributed by atoms with Crippen molar-refractivity contribution in [1.29, 1.82) is 0 Å². The van der Waals surface area contributed by atoms with Crippen LogP contribution in [0.3, 0.4) is 0 Å². The van der Waals surface area contributed by atoms with E-state index in [9.17, 15) is 4.39 Å². The van der Waals surface area contributed by atoms with Crippen LogP contribution in [0.2, 0.25) is 0 Å². The Hall–Kier alpha value is -1.25. The van der Waals surface area contributed by atoms with Gasteiger partial charge in [-0.3, -0.25) is 0 Å². The monoisotopic (exact) mass is 234 g/mol. The molecule has 2 aliphatic rings. The van der Waals surface area contributed by atoms with Gasteiger partial charge in [0.25, 0.3) is 0 Å². The van der Waals surface area contributed by atoms with E-state index in [1.54, 1.807) is 6.92 Å². The van der Waals surface area contributed by atoms with Crippen molar-refractivity contribution in [2.24, 2.45) is 11.3 Å². The van der Waals surface area contributed by atoms with Crippen molar-refractivity contribution in [3.05, 3.63) is 23.5 Å². The first kappa shape index (κ1) is 10.9. The summed E-state index contributed by atoms with van der Waals surface area (Å²) in [4.78, 5) is 0. The summed E-state index contributed by atoms with van der Waals surface area (Å²) >= 11 is 0. The van der Waals surface area contributed by atoms with E-state index in [1.807, 2.05) is 6.07 Å². The fourth-order valence-electron chi connectivity index (χ4n) is 2.71. The molecule has 17 heavy (non-hydrogen) atoms. The minimum atomic E-state index is -0.226. The Morgan fingerprint density at radius 1 is 1.41 bits per heavy atom. The molecule has 0 aliphatic heterocycles. The van der Waals surface area contributed by atoms with Crippen LogP contribution in [0, 0.1) is 24.1 Å². The molecule has 2 saturated carbocycles. The number of halogens is 1. The van der Waals surface area contributed by atoms with Crippen LogP contribution in [-0.2, 0) is 0 Å². The SMILES string of the molecule is Cc1cc(NCC2(C3CC3)CC2)c(N)cc1F. The second-order valence-electron chi connectivity index (χ2n) is 5.68. The number of hydrogen-bond donors (Lipinski definition) is 2. The maximum absolute atomic E-state index is 13.3. The third kappa shape index (κ3) is 1.99. The molecule has 1 aromatic carbocycles. The van der Waals surface area contributed by atoms with Gasteiger partial charge in [-0.15, -0.1) is 0 Å². The average molecular weight is 234 g/mol. The summed E-state index contributed by atoms with van der Waals surface area (Å²) in [7, 11) is 0. The van der Waals surface area contributed by atoms with Crippen molar-refractivity contribution in [3.8, 4) is 0 Å². The van der Waals surface area contributed by atoms with Crippen LogP contribution in [0.4, 0.5) is 15.8 Å². The topological polar surface area (TPSA) is 38.0 Å². The Morgan fingerprint density at radius 3 is 2.71 bits per heavy atom. The van der Waals surface area contributed by atoms with Crippen molar-refractivity contribution in [2.45, 2.75) is 32.6 Å². The predicted molar refractivity (Wildman–Crippen MR) is 68.4 cm³/mol. The van der Waals surface area contributed by atoms with Gasteiger partial charge in [-0.05, 0) is 61.6 Å². The Bertz CT molecular complexity index is 448. The Morgan fingerprint density at radius 2 is 2.12 bits per heavy atom. The molecule has 0 atom stereocenters. The average Bonchev–Trinajstić information content (AvgIpc) is 3.14. The molecule has 2 fully saturated rings. The summed E-state index contributed by atoms with van der Waals surface area (Å²) in [6, 6.07) is 3.22. The lowest BCUT2D eigenvalue weighted by Gasteiger charge is -2.17. The molecular weight excluding hydrogens is 215 g/mol. The van der Waals surface area contributed by atoms with E-state index >= 15 is 0 Å². The van der Waals surface area contributed by atoms with Crippen LogP contribution in [0.15, 0.2) is 12.1 Å². The number of nitrogens with one attached hydrogen (secondary N) is 1. The molecule has 0 aromatic heterocycles. The molecule has 0 radical (unpaired) electrons. The van der Waals surface area contributed by atoms with E-state index in [1.165, 1.54) is 31.7 Å². The zero-order chi connectivity index (χ0) is 12.0. The van der Waals surface area contributed by atoms with Crippen molar-refractivity contribution in [3.63, 3.8) is 0 Å². The van der Waals surface area contributed by atoms with Crippen LogP contribution in [0.25, 0.3) is 0 Å². The zero-order valence-corrected chi connectivity index (χ0v) is 10.2. The van der Waals surface area contributed by atoms with Gasteiger partial charge in [0.15, 0.2) is 0 Å². The van der Waals surface area contributed by atoms with Gasteiger partial charge in [-0.25, -0.2) is 4.39 Å². The van der Waals surface area contributed by atoms with Crippen molar-refractivity contribution in [2.75, 3.05) is 17.6 Å². The number of hydrogen-bond acceptors (Lipinski definition) is 2. The lowest BCUT2D eigenvalue weighted by molar-refractivity contribution is 0.467. The number of anilines is 2. The predicted octanol–water partition coefficient (Wildman–Crippen LogP) is 3.32. The molecule has 0 amide bonds. The highest BCUT2D eigenvalue weighted by molar-refractivity contribution is 5.67. The first-order chi connectivity index (χ1) is 8.11. The molecule has 2 nitrogen and oxygen atoms in total. The van der Waals surface area contributed by atoms with E-state index in [0.717, 1.165) is 18.2 Å². The fourth-order valence-corrected chi connectivity index (χ4v) is 2.71. The van der Waals surface area contributed by atoms with E-state index in [4.69, 9.17) is 5.73 Å². The summed E-state index contributed by atoms with van der Waals surface area (Å²) in [6.45, 7) is 2.76. The van der Waals surface area contributed by atoms with Gasteiger partial charge in [0.2, 0.25) is 0 Å². The molecule has 3 rings (SSSR count). The molecule has 2 aliphatic carbocycles. The van der Waals surface area contributed by atoms with Crippen molar-refractivity contribution in [1.82, 2.24) is 0 Å². The van der Waals surface area contributed by atoms with Crippen molar-refractivity contribution < 1.29 is 4.39 Å². The van der Waals surface area contributed by atoms with Gasteiger partial charge in [-0.1, -0.05) is 0 Å². The van der Waals surface area contributed by atoms with Gasteiger partial charge in [0, 0.05) is 6.54 Å². The Kier molecular flexibility index (Phi) is 2.32.